The zero-order valence-corrected chi connectivity index (χ0v) is 10.7. The third-order valence-corrected chi connectivity index (χ3v) is 2.22. The molecule has 0 unspecified atom stereocenters. The number of nitrogens with zero attached hydrogens (tertiary/aromatic N) is 1. The second kappa shape index (κ2) is 5.48. The molecule has 0 atom stereocenters. The van der Waals surface area contributed by atoms with Crippen LogP contribution >= 0.6 is 0 Å². The number of benzene rings is 1. The first-order chi connectivity index (χ1) is 8.36. The number of carbonyl (C=O) groups is 1. The SMILES string of the molecule is COc1cc([N+](=O)[O-])c(C(C)=O)cc1OC(C)C. The van der Waals surface area contributed by atoms with Gasteiger partial charge in [-0.3, -0.25) is 14.9 Å². The van der Waals surface area contributed by atoms with E-state index in [1.54, 1.807) is 0 Å². The van der Waals surface area contributed by atoms with E-state index in [9.17, 15) is 14.9 Å². The first-order valence-electron chi connectivity index (χ1n) is 5.40. The summed E-state index contributed by atoms with van der Waals surface area (Å²) in [5, 5.41) is 10.9. The molecular formula is C12H15NO5. The maximum Gasteiger partial charge on any atom is 0.284 e. The molecule has 0 saturated heterocycles. The van der Waals surface area contributed by atoms with Crippen molar-refractivity contribution in [2.24, 2.45) is 0 Å². The van der Waals surface area contributed by atoms with Gasteiger partial charge in [-0.1, -0.05) is 0 Å². The number of rotatable bonds is 5. The van der Waals surface area contributed by atoms with Gasteiger partial charge in [-0.25, -0.2) is 0 Å². The molecule has 0 aliphatic carbocycles. The summed E-state index contributed by atoms with van der Waals surface area (Å²) in [4.78, 5) is 21.7. The first kappa shape index (κ1) is 14.0. The Bertz CT molecular complexity index is 482. The lowest BCUT2D eigenvalue weighted by molar-refractivity contribution is -0.385. The van der Waals surface area contributed by atoms with E-state index in [4.69, 9.17) is 9.47 Å². The van der Waals surface area contributed by atoms with Crippen molar-refractivity contribution >= 4 is 11.5 Å². The summed E-state index contributed by atoms with van der Waals surface area (Å²) in [7, 11) is 1.39. The Kier molecular flexibility index (Phi) is 4.25. The highest BCUT2D eigenvalue weighted by molar-refractivity contribution is 5.98. The maximum absolute atomic E-state index is 11.4. The molecule has 18 heavy (non-hydrogen) atoms. The van der Waals surface area contributed by atoms with E-state index in [0.29, 0.717) is 5.75 Å². The average molecular weight is 253 g/mol. The largest absolute Gasteiger partial charge is 0.493 e. The van der Waals surface area contributed by atoms with E-state index in [1.165, 1.54) is 26.2 Å². The van der Waals surface area contributed by atoms with Gasteiger partial charge in [0.2, 0.25) is 0 Å². The molecule has 98 valence electrons. The molecule has 6 nitrogen and oxygen atoms in total. The van der Waals surface area contributed by atoms with Gasteiger partial charge in [0.1, 0.15) is 0 Å². The number of hydrogen-bond acceptors (Lipinski definition) is 5. The van der Waals surface area contributed by atoms with Gasteiger partial charge in [-0.15, -0.1) is 0 Å². The summed E-state index contributed by atoms with van der Waals surface area (Å²) in [5.41, 5.74) is -0.271. The topological polar surface area (TPSA) is 78.7 Å². The van der Waals surface area contributed by atoms with Crippen LogP contribution in [0.5, 0.6) is 11.5 Å². The minimum atomic E-state index is -0.613. The number of nitro benzene ring substituents is 1. The lowest BCUT2D eigenvalue weighted by Crippen LogP contribution is -2.09. The van der Waals surface area contributed by atoms with Crippen molar-refractivity contribution < 1.29 is 19.2 Å². The van der Waals surface area contributed by atoms with Crippen molar-refractivity contribution in [3.63, 3.8) is 0 Å². The van der Waals surface area contributed by atoms with Gasteiger partial charge in [-0.05, 0) is 20.8 Å². The number of nitro groups is 1. The summed E-state index contributed by atoms with van der Waals surface area (Å²) < 4.78 is 10.5. The predicted octanol–water partition coefficient (Wildman–Crippen LogP) is 2.59. The fraction of sp³-hybridized carbons (Fsp3) is 0.417. The van der Waals surface area contributed by atoms with Crippen LogP contribution in [0.4, 0.5) is 5.69 Å². The van der Waals surface area contributed by atoms with Crippen LogP contribution in [0.3, 0.4) is 0 Å². The molecule has 1 rings (SSSR count). The van der Waals surface area contributed by atoms with Gasteiger partial charge in [0, 0.05) is 6.07 Å². The molecule has 0 fully saturated rings. The van der Waals surface area contributed by atoms with Crippen LogP contribution in [0.15, 0.2) is 12.1 Å². The Morgan fingerprint density at radius 3 is 2.33 bits per heavy atom. The molecule has 0 saturated carbocycles. The Hall–Kier alpha value is -2.11. The Morgan fingerprint density at radius 2 is 1.94 bits per heavy atom. The van der Waals surface area contributed by atoms with E-state index in [0.717, 1.165) is 0 Å². The van der Waals surface area contributed by atoms with Crippen LogP contribution in [0, 0.1) is 10.1 Å². The number of methoxy groups -OCH3 is 1. The van der Waals surface area contributed by atoms with Crippen molar-refractivity contribution in [2.75, 3.05) is 7.11 Å². The molecule has 0 bridgehead atoms. The quantitative estimate of drug-likeness (QED) is 0.458. The maximum atomic E-state index is 11.4. The van der Waals surface area contributed by atoms with Crippen molar-refractivity contribution in [1.29, 1.82) is 0 Å². The first-order valence-corrected chi connectivity index (χ1v) is 5.40. The number of ether oxygens (including phenoxy) is 2. The van der Waals surface area contributed by atoms with E-state index in [2.05, 4.69) is 0 Å². The summed E-state index contributed by atoms with van der Waals surface area (Å²) >= 11 is 0. The molecule has 1 aromatic rings. The van der Waals surface area contributed by atoms with Crippen LogP contribution in [0.1, 0.15) is 31.1 Å². The molecule has 0 amide bonds. The molecule has 1 aromatic carbocycles. The summed E-state index contributed by atoms with van der Waals surface area (Å²) in [5.74, 6) is 0.168. The molecule has 0 radical (unpaired) electrons. The highest BCUT2D eigenvalue weighted by Crippen LogP contribution is 2.35. The van der Waals surface area contributed by atoms with E-state index in [1.807, 2.05) is 13.8 Å². The van der Waals surface area contributed by atoms with Crippen molar-refractivity contribution in [2.45, 2.75) is 26.9 Å². The zero-order chi connectivity index (χ0) is 13.9. The van der Waals surface area contributed by atoms with Gasteiger partial charge in [0.25, 0.3) is 5.69 Å². The smallest absolute Gasteiger partial charge is 0.284 e. The fourth-order valence-electron chi connectivity index (χ4n) is 1.49. The van der Waals surface area contributed by atoms with Crippen LogP contribution in [-0.2, 0) is 0 Å². The van der Waals surface area contributed by atoms with Crippen LogP contribution in [-0.4, -0.2) is 23.9 Å². The number of ketones is 1. The van der Waals surface area contributed by atoms with Gasteiger partial charge < -0.3 is 9.47 Å². The molecule has 0 spiro atoms. The van der Waals surface area contributed by atoms with E-state index in [-0.39, 0.29) is 23.1 Å². The third kappa shape index (κ3) is 2.97. The Labute approximate surface area is 105 Å². The number of carbonyl (C=O) groups excluding carboxylic acids is 1. The number of Topliss-reactive ketones (excluding diaryl/α,β-unsaturated/α-hetero) is 1. The highest BCUT2D eigenvalue weighted by atomic mass is 16.6. The molecule has 0 N–H and O–H groups in total. The van der Waals surface area contributed by atoms with E-state index >= 15 is 0 Å². The third-order valence-electron chi connectivity index (χ3n) is 2.22. The summed E-state index contributed by atoms with van der Waals surface area (Å²) in [6.45, 7) is 4.90. The molecule has 0 aromatic heterocycles. The second-order valence-corrected chi connectivity index (χ2v) is 4.00. The highest BCUT2D eigenvalue weighted by Gasteiger charge is 2.22. The lowest BCUT2D eigenvalue weighted by atomic mass is 10.1. The van der Waals surface area contributed by atoms with Gasteiger partial charge in [-0.2, -0.15) is 0 Å². The Morgan fingerprint density at radius 1 is 1.33 bits per heavy atom. The van der Waals surface area contributed by atoms with Crippen LogP contribution < -0.4 is 9.47 Å². The molecule has 0 aliphatic heterocycles. The average Bonchev–Trinajstić information content (AvgIpc) is 2.27. The summed E-state index contributed by atoms with van der Waals surface area (Å²) in [6, 6.07) is 2.55. The van der Waals surface area contributed by atoms with Crippen molar-refractivity contribution in [3.05, 3.63) is 27.8 Å². The predicted molar refractivity (Wildman–Crippen MR) is 65.4 cm³/mol. The van der Waals surface area contributed by atoms with Gasteiger partial charge >= 0.3 is 0 Å². The van der Waals surface area contributed by atoms with Gasteiger partial charge in [0.05, 0.1) is 29.8 Å². The van der Waals surface area contributed by atoms with Crippen LogP contribution in [0.2, 0.25) is 0 Å². The van der Waals surface area contributed by atoms with Crippen LogP contribution in [0.25, 0.3) is 0 Å². The number of hydrogen-bond donors (Lipinski definition) is 0. The standard InChI is InChI=1S/C12H15NO5/c1-7(2)18-12-5-9(8(3)14)10(13(15)16)6-11(12)17-4/h5-7H,1-4H3. The minimum Gasteiger partial charge on any atom is -0.493 e. The van der Waals surface area contributed by atoms with Crippen molar-refractivity contribution in [3.8, 4) is 11.5 Å². The molecular weight excluding hydrogens is 238 g/mol. The molecule has 0 heterocycles. The zero-order valence-electron chi connectivity index (χ0n) is 10.7. The molecule has 6 heteroatoms. The fourth-order valence-corrected chi connectivity index (χ4v) is 1.49. The van der Waals surface area contributed by atoms with E-state index < -0.39 is 10.7 Å². The Balaban J connectivity index is 3.41. The summed E-state index contributed by atoms with van der Waals surface area (Å²) in [6.07, 6.45) is -0.125. The monoisotopic (exact) mass is 253 g/mol. The molecule has 0 aliphatic rings. The second-order valence-electron chi connectivity index (χ2n) is 4.00. The lowest BCUT2D eigenvalue weighted by Gasteiger charge is -2.14. The van der Waals surface area contributed by atoms with Crippen molar-refractivity contribution in [1.82, 2.24) is 0 Å². The normalized spacial score (nSPS) is 10.3. The minimum absolute atomic E-state index is 0.0106. The van der Waals surface area contributed by atoms with Gasteiger partial charge in [0.15, 0.2) is 17.3 Å².